The molecule has 1 saturated carbocycles. The fraction of sp³-hybridized carbons (Fsp3) is 0.778. The Morgan fingerprint density at radius 3 is 2.64 bits per heavy atom. The normalized spacial score (nSPS) is 17.5. The lowest BCUT2D eigenvalue weighted by atomic mass is 10.3. The van der Waals surface area contributed by atoms with Gasteiger partial charge in [-0.15, -0.1) is 0 Å². The van der Waals surface area contributed by atoms with E-state index in [0.29, 0.717) is 5.75 Å². The molecule has 2 N–H and O–H groups in total. The van der Waals surface area contributed by atoms with Gasteiger partial charge < -0.3 is 10.4 Å². The van der Waals surface area contributed by atoms with E-state index in [-0.39, 0.29) is 5.91 Å². The smallest absolute Gasteiger partial charge is 0.327 e. The lowest BCUT2D eigenvalue weighted by Crippen LogP contribution is -2.41. The van der Waals surface area contributed by atoms with Crippen molar-refractivity contribution in [2.45, 2.75) is 25.8 Å². The van der Waals surface area contributed by atoms with Gasteiger partial charge in [-0.3, -0.25) is 4.79 Å². The molecule has 1 aliphatic carbocycles. The largest absolute Gasteiger partial charge is 0.480 e. The molecule has 0 aromatic heterocycles. The third-order valence-corrected chi connectivity index (χ3v) is 3.29. The van der Waals surface area contributed by atoms with Crippen molar-refractivity contribution in [1.82, 2.24) is 5.32 Å². The molecular weight excluding hydrogens is 202 g/mol. The van der Waals surface area contributed by atoms with Crippen molar-refractivity contribution in [2.24, 2.45) is 5.92 Å². The number of carbonyl (C=O) groups is 2. The number of rotatable bonds is 6. The molecule has 0 aromatic rings. The van der Waals surface area contributed by atoms with E-state index in [1.54, 1.807) is 11.8 Å². The Balaban J connectivity index is 2.19. The van der Waals surface area contributed by atoms with Gasteiger partial charge in [0.25, 0.3) is 0 Å². The highest BCUT2D eigenvalue weighted by molar-refractivity contribution is 7.99. The lowest BCUT2D eigenvalue weighted by Gasteiger charge is -2.12. The van der Waals surface area contributed by atoms with Crippen LogP contribution >= 0.6 is 11.8 Å². The van der Waals surface area contributed by atoms with Gasteiger partial charge in [-0.05, 0) is 24.5 Å². The van der Waals surface area contributed by atoms with Gasteiger partial charge in [0, 0.05) is 12.7 Å². The van der Waals surface area contributed by atoms with Crippen LogP contribution in [0.25, 0.3) is 0 Å². The third kappa shape index (κ3) is 4.50. The van der Waals surface area contributed by atoms with Crippen molar-refractivity contribution in [3.63, 3.8) is 0 Å². The second kappa shape index (κ2) is 5.24. The summed E-state index contributed by atoms with van der Waals surface area (Å²) in [5.41, 5.74) is 0. The molecule has 0 radical (unpaired) electrons. The molecule has 1 amide bonds. The number of carboxylic acids is 1. The number of carbonyl (C=O) groups excluding carboxylic acids is 1. The average Bonchev–Trinajstić information content (AvgIpc) is 2.85. The number of thioether (sulfide) groups is 1. The molecule has 0 aromatic carbocycles. The van der Waals surface area contributed by atoms with Crippen LogP contribution in [0.5, 0.6) is 0 Å². The van der Waals surface area contributed by atoms with Crippen LogP contribution in [0.4, 0.5) is 0 Å². The number of hydrogen-bond acceptors (Lipinski definition) is 3. The van der Waals surface area contributed by atoms with Crippen molar-refractivity contribution in [3.05, 3.63) is 0 Å². The van der Waals surface area contributed by atoms with E-state index in [2.05, 4.69) is 5.32 Å². The van der Waals surface area contributed by atoms with Crippen LogP contribution in [-0.2, 0) is 9.59 Å². The fourth-order valence-corrected chi connectivity index (χ4v) is 2.32. The number of amides is 1. The van der Waals surface area contributed by atoms with Gasteiger partial charge in [-0.2, -0.15) is 11.8 Å². The summed E-state index contributed by atoms with van der Waals surface area (Å²) < 4.78 is 0. The predicted octanol–water partition coefficient (Wildman–Crippen LogP) is 0.719. The summed E-state index contributed by atoms with van der Waals surface area (Å²) in [6.45, 7) is 1.33. The second-order valence-corrected chi connectivity index (χ2v) is 4.65. The van der Waals surface area contributed by atoms with Crippen molar-refractivity contribution in [2.75, 3.05) is 11.5 Å². The first-order valence-electron chi connectivity index (χ1n) is 4.67. The van der Waals surface area contributed by atoms with Crippen molar-refractivity contribution in [1.29, 1.82) is 0 Å². The Bertz CT molecular complexity index is 228. The minimum absolute atomic E-state index is 0.288. The molecule has 0 saturated heterocycles. The van der Waals surface area contributed by atoms with Gasteiger partial charge in [0.2, 0.25) is 5.91 Å². The predicted molar refractivity (Wildman–Crippen MR) is 55.3 cm³/mol. The van der Waals surface area contributed by atoms with Gasteiger partial charge >= 0.3 is 5.97 Å². The first-order chi connectivity index (χ1) is 6.59. The van der Waals surface area contributed by atoms with Gasteiger partial charge in [-0.1, -0.05) is 0 Å². The highest BCUT2D eigenvalue weighted by Gasteiger charge is 2.23. The average molecular weight is 217 g/mol. The zero-order valence-electron chi connectivity index (χ0n) is 8.16. The SMILES string of the molecule is CC(=O)NC(CSCC1CC1)C(=O)O. The molecular formula is C9H15NO3S. The summed E-state index contributed by atoms with van der Waals surface area (Å²) in [4.78, 5) is 21.4. The van der Waals surface area contributed by atoms with E-state index < -0.39 is 12.0 Å². The molecule has 1 unspecified atom stereocenters. The summed E-state index contributed by atoms with van der Waals surface area (Å²) in [7, 11) is 0. The summed E-state index contributed by atoms with van der Waals surface area (Å²) in [6.07, 6.45) is 2.54. The molecule has 5 heteroatoms. The zero-order valence-corrected chi connectivity index (χ0v) is 8.97. The molecule has 80 valence electrons. The topological polar surface area (TPSA) is 66.4 Å². The Morgan fingerprint density at radius 1 is 1.57 bits per heavy atom. The summed E-state index contributed by atoms with van der Waals surface area (Å²) in [5.74, 6) is 1.02. The highest BCUT2D eigenvalue weighted by Crippen LogP contribution is 2.32. The quantitative estimate of drug-likeness (QED) is 0.688. The molecule has 1 fully saturated rings. The summed E-state index contributed by atoms with van der Waals surface area (Å²) in [5, 5.41) is 11.2. The molecule has 1 atom stereocenters. The Kier molecular flexibility index (Phi) is 4.25. The maximum atomic E-state index is 10.7. The Hall–Kier alpha value is -0.710. The minimum atomic E-state index is -0.955. The molecule has 1 aliphatic rings. The monoisotopic (exact) mass is 217 g/mol. The van der Waals surface area contributed by atoms with E-state index in [4.69, 9.17) is 5.11 Å². The second-order valence-electron chi connectivity index (χ2n) is 3.57. The third-order valence-electron chi connectivity index (χ3n) is 2.01. The lowest BCUT2D eigenvalue weighted by molar-refractivity contribution is -0.140. The van der Waals surface area contributed by atoms with Crippen LogP contribution in [0, 0.1) is 5.92 Å². The molecule has 0 bridgehead atoms. The molecule has 0 spiro atoms. The van der Waals surface area contributed by atoms with Crippen LogP contribution in [0.2, 0.25) is 0 Å². The molecule has 0 heterocycles. The van der Waals surface area contributed by atoms with E-state index in [1.165, 1.54) is 19.8 Å². The van der Waals surface area contributed by atoms with Crippen molar-refractivity contribution < 1.29 is 14.7 Å². The first-order valence-corrected chi connectivity index (χ1v) is 5.82. The van der Waals surface area contributed by atoms with Crippen LogP contribution in [-0.4, -0.2) is 34.5 Å². The molecule has 4 nitrogen and oxygen atoms in total. The van der Waals surface area contributed by atoms with Gasteiger partial charge in [0.05, 0.1) is 0 Å². The summed E-state index contributed by atoms with van der Waals surface area (Å²) in [6, 6.07) is -0.740. The summed E-state index contributed by atoms with van der Waals surface area (Å²) >= 11 is 1.61. The number of aliphatic carboxylic acids is 1. The molecule has 0 aliphatic heterocycles. The maximum Gasteiger partial charge on any atom is 0.327 e. The maximum absolute atomic E-state index is 10.7. The van der Waals surface area contributed by atoms with E-state index in [0.717, 1.165) is 11.7 Å². The van der Waals surface area contributed by atoms with Crippen molar-refractivity contribution >= 4 is 23.6 Å². The molecule has 1 rings (SSSR count). The van der Waals surface area contributed by atoms with Gasteiger partial charge in [0.1, 0.15) is 6.04 Å². The van der Waals surface area contributed by atoms with Gasteiger partial charge in [0.15, 0.2) is 0 Å². The van der Waals surface area contributed by atoms with Crippen LogP contribution < -0.4 is 5.32 Å². The van der Waals surface area contributed by atoms with Crippen LogP contribution in [0.15, 0.2) is 0 Å². The number of nitrogens with one attached hydrogen (secondary N) is 1. The van der Waals surface area contributed by atoms with Crippen molar-refractivity contribution in [3.8, 4) is 0 Å². The number of hydrogen-bond donors (Lipinski definition) is 2. The van der Waals surface area contributed by atoms with E-state index >= 15 is 0 Å². The van der Waals surface area contributed by atoms with Gasteiger partial charge in [-0.25, -0.2) is 4.79 Å². The first kappa shape index (κ1) is 11.4. The molecule has 14 heavy (non-hydrogen) atoms. The Labute approximate surface area is 87.4 Å². The highest BCUT2D eigenvalue weighted by atomic mass is 32.2. The standard InChI is InChI=1S/C9H15NO3S/c1-6(11)10-8(9(12)13)5-14-4-7-2-3-7/h7-8H,2-5H2,1H3,(H,10,11)(H,12,13). The minimum Gasteiger partial charge on any atom is -0.480 e. The Morgan fingerprint density at radius 2 is 2.21 bits per heavy atom. The van der Waals surface area contributed by atoms with E-state index in [9.17, 15) is 9.59 Å². The zero-order chi connectivity index (χ0) is 10.6. The number of carboxylic acid groups (broad SMARTS) is 1. The fourth-order valence-electron chi connectivity index (χ4n) is 1.06. The van der Waals surface area contributed by atoms with E-state index in [1.807, 2.05) is 0 Å². The van der Waals surface area contributed by atoms with Crippen LogP contribution in [0.3, 0.4) is 0 Å². The van der Waals surface area contributed by atoms with Crippen LogP contribution in [0.1, 0.15) is 19.8 Å².